The highest BCUT2D eigenvalue weighted by atomic mass is 35.5. The standard InChI is InChI=1S/C15H21ClN2OS/c16-12-7-6-8-13(17)15(12)20-11-14(19)18-9-4-2-1-3-5-10-18/h6-8H,1-5,9-11,17H2. The SMILES string of the molecule is Nc1cccc(Cl)c1SCC(=O)N1CCCCCCC1. The second-order valence-corrected chi connectivity index (χ2v) is 6.49. The first-order valence-electron chi connectivity index (χ1n) is 7.13. The van der Waals surface area contributed by atoms with Crippen LogP contribution in [0.15, 0.2) is 23.1 Å². The molecule has 0 atom stereocenters. The van der Waals surface area contributed by atoms with Gasteiger partial charge in [-0.3, -0.25) is 4.79 Å². The second kappa shape index (κ2) is 7.79. The van der Waals surface area contributed by atoms with E-state index < -0.39 is 0 Å². The topological polar surface area (TPSA) is 46.3 Å². The summed E-state index contributed by atoms with van der Waals surface area (Å²) in [4.78, 5) is 15.1. The highest BCUT2D eigenvalue weighted by Crippen LogP contribution is 2.32. The zero-order chi connectivity index (χ0) is 14.4. The minimum atomic E-state index is 0.191. The number of hydrogen-bond acceptors (Lipinski definition) is 3. The predicted molar refractivity (Wildman–Crippen MR) is 86.3 cm³/mol. The third-order valence-electron chi connectivity index (χ3n) is 3.55. The molecule has 1 amide bonds. The molecule has 3 nitrogen and oxygen atoms in total. The van der Waals surface area contributed by atoms with Gasteiger partial charge in [-0.25, -0.2) is 0 Å². The number of likely N-dealkylation sites (tertiary alicyclic amines) is 1. The first kappa shape index (κ1) is 15.5. The van der Waals surface area contributed by atoms with Gasteiger partial charge in [-0.2, -0.15) is 0 Å². The summed E-state index contributed by atoms with van der Waals surface area (Å²) in [6, 6.07) is 5.44. The molecule has 1 aliphatic rings. The molecule has 1 aromatic rings. The van der Waals surface area contributed by atoms with Crippen LogP contribution in [0.3, 0.4) is 0 Å². The van der Waals surface area contributed by atoms with Gasteiger partial charge in [-0.15, -0.1) is 11.8 Å². The molecule has 20 heavy (non-hydrogen) atoms. The Bertz CT molecular complexity index is 439. The third kappa shape index (κ3) is 4.32. The molecule has 1 saturated heterocycles. The van der Waals surface area contributed by atoms with Crippen LogP contribution in [0.25, 0.3) is 0 Å². The first-order valence-corrected chi connectivity index (χ1v) is 8.49. The normalized spacial score (nSPS) is 16.6. The third-order valence-corrected chi connectivity index (χ3v) is 5.11. The molecule has 0 bridgehead atoms. The Labute approximate surface area is 129 Å². The molecule has 2 N–H and O–H groups in total. The van der Waals surface area contributed by atoms with Crippen LogP contribution in [-0.2, 0) is 4.79 Å². The van der Waals surface area contributed by atoms with E-state index in [0.717, 1.165) is 30.8 Å². The van der Waals surface area contributed by atoms with Gasteiger partial charge in [0.1, 0.15) is 0 Å². The number of amides is 1. The maximum absolute atomic E-state index is 12.3. The molecule has 0 saturated carbocycles. The zero-order valence-electron chi connectivity index (χ0n) is 11.6. The van der Waals surface area contributed by atoms with Crippen molar-refractivity contribution in [1.82, 2.24) is 4.90 Å². The monoisotopic (exact) mass is 312 g/mol. The van der Waals surface area contributed by atoms with Crippen molar-refractivity contribution in [2.45, 2.75) is 37.0 Å². The van der Waals surface area contributed by atoms with Crippen LogP contribution >= 0.6 is 23.4 Å². The van der Waals surface area contributed by atoms with Gasteiger partial charge in [0.25, 0.3) is 0 Å². The van der Waals surface area contributed by atoms with E-state index in [1.165, 1.54) is 31.0 Å². The van der Waals surface area contributed by atoms with E-state index in [4.69, 9.17) is 17.3 Å². The Morgan fingerprint density at radius 2 is 1.85 bits per heavy atom. The smallest absolute Gasteiger partial charge is 0.232 e. The molecule has 1 heterocycles. The molecule has 110 valence electrons. The highest BCUT2D eigenvalue weighted by molar-refractivity contribution is 8.00. The van der Waals surface area contributed by atoms with Crippen molar-refractivity contribution in [2.75, 3.05) is 24.6 Å². The number of carbonyl (C=O) groups excluding carboxylic acids is 1. The molecular weight excluding hydrogens is 292 g/mol. The first-order chi connectivity index (χ1) is 9.68. The fourth-order valence-corrected chi connectivity index (χ4v) is 3.64. The average molecular weight is 313 g/mol. The number of carbonyl (C=O) groups is 1. The lowest BCUT2D eigenvalue weighted by Crippen LogP contribution is -2.35. The summed E-state index contributed by atoms with van der Waals surface area (Å²) in [6.07, 6.45) is 5.99. The van der Waals surface area contributed by atoms with Gasteiger partial charge in [0.15, 0.2) is 0 Å². The van der Waals surface area contributed by atoms with Gasteiger partial charge < -0.3 is 10.6 Å². The number of benzene rings is 1. The number of hydrogen-bond donors (Lipinski definition) is 1. The van der Waals surface area contributed by atoms with Crippen molar-refractivity contribution in [3.63, 3.8) is 0 Å². The Morgan fingerprint density at radius 1 is 1.20 bits per heavy atom. The number of nitrogens with two attached hydrogens (primary N) is 1. The van der Waals surface area contributed by atoms with Gasteiger partial charge in [-0.05, 0) is 25.0 Å². The lowest BCUT2D eigenvalue weighted by molar-refractivity contribution is -0.128. The minimum Gasteiger partial charge on any atom is -0.398 e. The van der Waals surface area contributed by atoms with E-state index in [1.54, 1.807) is 6.07 Å². The van der Waals surface area contributed by atoms with E-state index in [9.17, 15) is 4.79 Å². The summed E-state index contributed by atoms with van der Waals surface area (Å²) < 4.78 is 0. The zero-order valence-corrected chi connectivity index (χ0v) is 13.2. The molecule has 0 unspecified atom stereocenters. The summed E-state index contributed by atoms with van der Waals surface area (Å²) in [6.45, 7) is 1.77. The lowest BCUT2D eigenvalue weighted by atomic mass is 10.1. The van der Waals surface area contributed by atoms with E-state index >= 15 is 0 Å². The van der Waals surface area contributed by atoms with Gasteiger partial charge in [0.2, 0.25) is 5.91 Å². The van der Waals surface area contributed by atoms with Gasteiger partial charge in [-0.1, -0.05) is 36.9 Å². The van der Waals surface area contributed by atoms with Gasteiger partial charge in [0, 0.05) is 23.7 Å². The van der Waals surface area contributed by atoms with Crippen LogP contribution in [0.4, 0.5) is 5.69 Å². The molecule has 2 rings (SSSR count). The Kier molecular flexibility index (Phi) is 6.05. The summed E-state index contributed by atoms with van der Waals surface area (Å²) in [5.74, 6) is 0.602. The quantitative estimate of drug-likeness (QED) is 0.682. The molecule has 1 aromatic carbocycles. The van der Waals surface area contributed by atoms with Crippen molar-refractivity contribution in [1.29, 1.82) is 0 Å². The van der Waals surface area contributed by atoms with Crippen molar-refractivity contribution in [2.24, 2.45) is 0 Å². The summed E-state index contributed by atoms with van der Waals surface area (Å²) in [5.41, 5.74) is 6.54. The number of nitrogen functional groups attached to an aromatic ring is 1. The van der Waals surface area contributed by atoms with Crippen LogP contribution in [0.2, 0.25) is 5.02 Å². The van der Waals surface area contributed by atoms with E-state index in [1.807, 2.05) is 17.0 Å². The molecule has 1 fully saturated rings. The van der Waals surface area contributed by atoms with Gasteiger partial charge in [0.05, 0.1) is 10.8 Å². The summed E-state index contributed by atoms with van der Waals surface area (Å²) in [7, 11) is 0. The molecule has 0 radical (unpaired) electrons. The minimum absolute atomic E-state index is 0.191. The summed E-state index contributed by atoms with van der Waals surface area (Å²) >= 11 is 7.56. The van der Waals surface area contributed by atoms with E-state index in [0.29, 0.717) is 16.5 Å². The van der Waals surface area contributed by atoms with Crippen LogP contribution in [0.1, 0.15) is 32.1 Å². The maximum atomic E-state index is 12.3. The Morgan fingerprint density at radius 3 is 2.50 bits per heavy atom. The van der Waals surface area contributed by atoms with Crippen molar-refractivity contribution < 1.29 is 4.79 Å². The molecule has 0 aliphatic carbocycles. The van der Waals surface area contributed by atoms with Crippen LogP contribution in [0, 0.1) is 0 Å². The second-order valence-electron chi connectivity index (χ2n) is 5.10. The summed E-state index contributed by atoms with van der Waals surface area (Å²) in [5, 5.41) is 0.621. The molecular formula is C15H21ClN2OS. The van der Waals surface area contributed by atoms with Crippen LogP contribution < -0.4 is 5.73 Å². The van der Waals surface area contributed by atoms with E-state index in [2.05, 4.69) is 0 Å². The van der Waals surface area contributed by atoms with Crippen molar-refractivity contribution in [3.05, 3.63) is 23.2 Å². The van der Waals surface area contributed by atoms with Crippen molar-refractivity contribution >= 4 is 35.0 Å². The molecule has 5 heteroatoms. The molecule has 1 aliphatic heterocycles. The van der Waals surface area contributed by atoms with Gasteiger partial charge >= 0.3 is 0 Å². The number of nitrogens with zero attached hydrogens (tertiary/aromatic N) is 1. The fraction of sp³-hybridized carbons (Fsp3) is 0.533. The predicted octanol–water partition coefficient (Wildman–Crippen LogP) is 3.81. The average Bonchev–Trinajstić information content (AvgIpc) is 2.37. The number of halogens is 1. The van der Waals surface area contributed by atoms with Crippen molar-refractivity contribution in [3.8, 4) is 0 Å². The van der Waals surface area contributed by atoms with E-state index in [-0.39, 0.29) is 5.91 Å². The number of rotatable bonds is 3. The number of anilines is 1. The maximum Gasteiger partial charge on any atom is 0.232 e. The number of thioether (sulfide) groups is 1. The largest absolute Gasteiger partial charge is 0.398 e. The fourth-order valence-electron chi connectivity index (χ4n) is 2.40. The Balaban J connectivity index is 1.90. The lowest BCUT2D eigenvalue weighted by Gasteiger charge is -2.24. The van der Waals surface area contributed by atoms with Crippen LogP contribution in [0.5, 0.6) is 0 Å². The van der Waals surface area contributed by atoms with Crippen LogP contribution in [-0.4, -0.2) is 29.6 Å². The Hall–Kier alpha value is -0.870. The highest BCUT2D eigenvalue weighted by Gasteiger charge is 2.16. The molecule has 0 spiro atoms. The molecule has 0 aromatic heterocycles.